The van der Waals surface area contributed by atoms with E-state index in [1.807, 2.05) is 0 Å². The highest BCUT2D eigenvalue weighted by Gasteiger charge is 2.19. The molecule has 1 aromatic rings. The number of ether oxygens (including phenoxy) is 2. The van der Waals surface area contributed by atoms with Gasteiger partial charge in [0.05, 0.1) is 30.9 Å². The van der Waals surface area contributed by atoms with Gasteiger partial charge in [-0.05, 0) is 36.3 Å². The summed E-state index contributed by atoms with van der Waals surface area (Å²) in [6, 6.07) is 2.84. The Morgan fingerprint density at radius 3 is 2.37 bits per heavy atom. The summed E-state index contributed by atoms with van der Waals surface area (Å²) in [5.74, 6) is -0.510. The van der Waals surface area contributed by atoms with Gasteiger partial charge in [-0.25, -0.2) is 13.2 Å². The zero-order chi connectivity index (χ0) is 14.6. The van der Waals surface area contributed by atoms with Crippen molar-refractivity contribution >= 4 is 21.9 Å². The molecule has 0 saturated carbocycles. The highest BCUT2D eigenvalue weighted by molar-refractivity contribution is 7.90. The average Bonchev–Trinajstić information content (AvgIpc) is 2.34. The van der Waals surface area contributed by atoms with Gasteiger partial charge >= 0.3 is 5.97 Å². The fourth-order valence-corrected chi connectivity index (χ4v) is 2.64. The lowest BCUT2D eigenvalue weighted by molar-refractivity contribution is 0.0599. The molecule has 0 heterocycles. The molecular formula is C13H16O5S. The fourth-order valence-electron chi connectivity index (χ4n) is 1.70. The first-order valence-corrected chi connectivity index (χ1v) is 7.33. The number of carbonyl (C=O) groups is 1. The maximum atomic E-state index is 11.7. The number of hydrogen-bond donors (Lipinski definition) is 0. The quantitative estimate of drug-likeness (QED) is 0.623. The van der Waals surface area contributed by atoms with E-state index in [-0.39, 0.29) is 4.90 Å². The first kappa shape index (κ1) is 15.2. The van der Waals surface area contributed by atoms with E-state index in [1.165, 1.54) is 38.7 Å². The molecule has 0 aliphatic carbocycles. The molecule has 0 radical (unpaired) electrons. The van der Waals surface area contributed by atoms with Crippen LogP contribution in [-0.2, 0) is 19.3 Å². The van der Waals surface area contributed by atoms with Crippen molar-refractivity contribution in [1.82, 2.24) is 0 Å². The lowest BCUT2D eigenvalue weighted by atomic mass is 10.0. The van der Waals surface area contributed by atoms with E-state index in [0.29, 0.717) is 16.7 Å². The van der Waals surface area contributed by atoms with Gasteiger partial charge in [0, 0.05) is 6.26 Å². The largest absolute Gasteiger partial charge is 0.504 e. The molecule has 6 heteroatoms. The van der Waals surface area contributed by atoms with Crippen LogP contribution in [0.1, 0.15) is 21.5 Å². The number of sulfone groups is 1. The molecule has 0 aliphatic rings. The van der Waals surface area contributed by atoms with Gasteiger partial charge < -0.3 is 9.47 Å². The Hall–Kier alpha value is -1.82. The maximum Gasteiger partial charge on any atom is 0.338 e. The van der Waals surface area contributed by atoms with Crippen LogP contribution in [0.3, 0.4) is 0 Å². The van der Waals surface area contributed by atoms with Gasteiger partial charge in [-0.3, -0.25) is 0 Å². The van der Waals surface area contributed by atoms with Crippen LogP contribution in [0.5, 0.6) is 0 Å². The first-order chi connectivity index (χ1) is 8.82. The van der Waals surface area contributed by atoms with E-state index in [0.717, 1.165) is 6.26 Å². The number of esters is 1. The van der Waals surface area contributed by atoms with Gasteiger partial charge in [0.1, 0.15) is 0 Å². The minimum atomic E-state index is -3.39. The van der Waals surface area contributed by atoms with E-state index < -0.39 is 15.8 Å². The lowest BCUT2D eigenvalue weighted by Crippen LogP contribution is -2.09. The summed E-state index contributed by atoms with van der Waals surface area (Å²) in [4.78, 5) is 11.7. The molecule has 0 bridgehead atoms. The minimum Gasteiger partial charge on any atom is -0.504 e. The van der Waals surface area contributed by atoms with Crippen LogP contribution in [0.15, 0.2) is 23.3 Å². The Morgan fingerprint density at radius 1 is 1.26 bits per heavy atom. The molecule has 1 aromatic carbocycles. The molecule has 0 aliphatic heterocycles. The van der Waals surface area contributed by atoms with Gasteiger partial charge in [0.25, 0.3) is 0 Å². The van der Waals surface area contributed by atoms with E-state index >= 15 is 0 Å². The maximum absolute atomic E-state index is 11.7. The van der Waals surface area contributed by atoms with Gasteiger partial charge in [-0.2, -0.15) is 0 Å². The second kappa shape index (κ2) is 5.88. The number of methoxy groups -OCH3 is 2. The van der Waals surface area contributed by atoms with Gasteiger partial charge in [-0.15, -0.1) is 0 Å². The molecule has 0 unspecified atom stereocenters. The van der Waals surface area contributed by atoms with Gasteiger partial charge in [-0.1, -0.05) is 0 Å². The first-order valence-electron chi connectivity index (χ1n) is 5.44. The SMILES string of the molecule is COC=Cc1c(S(C)(=O)=O)ccc(C(=O)OC)c1C. The molecular weight excluding hydrogens is 268 g/mol. The predicted octanol–water partition coefficient (Wildman–Crippen LogP) is 1.80. The summed E-state index contributed by atoms with van der Waals surface area (Å²) >= 11 is 0. The van der Waals surface area contributed by atoms with E-state index in [4.69, 9.17) is 4.74 Å². The molecule has 0 spiro atoms. The average molecular weight is 284 g/mol. The smallest absolute Gasteiger partial charge is 0.338 e. The molecule has 1 rings (SSSR count). The third-order valence-corrected chi connectivity index (χ3v) is 3.81. The van der Waals surface area contributed by atoms with Crippen LogP contribution in [0, 0.1) is 6.92 Å². The van der Waals surface area contributed by atoms with Crippen LogP contribution in [0.2, 0.25) is 0 Å². The van der Waals surface area contributed by atoms with E-state index in [9.17, 15) is 13.2 Å². The summed E-state index contributed by atoms with van der Waals surface area (Å²) in [7, 11) is -0.665. The monoisotopic (exact) mass is 284 g/mol. The van der Waals surface area contributed by atoms with Crippen LogP contribution in [0.25, 0.3) is 6.08 Å². The second-order valence-electron chi connectivity index (χ2n) is 3.95. The second-order valence-corrected chi connectivity index (χ2v) is 5.94. The highest BCUT2D eigenvalue weighted by atomic mass is 32.2. The summed E-state index contributed by atoms with van der Waals surface area (Å²) in [6.07, 6.45) is 3.99. The van der Waals surface area contributed by atoms with Crippen molar-refractivity contribution in [2.24, 2.45) is 0 Å². The minimum absolute atomic E-state index is 0.144. The van der Waals surface area contributed by atoms with Gasteiger partial charge in [0.15, 0.2) is 9.84 Å². The standard InChI is InChI=1S/C13H16O5S/c1-9-10(7-8-17-2)12(19(4,15)16)6-5-11(9)13(14)18-3/h5-8H,1-4H3. The molecule has 0 saturated heterocycles. The third kappa shape index (κ3) is 3.35. The van der Waals surface area contributed by atoms with Crippen molar-refractivity contribution in [2.45, 2.75) is 11.8 Å². The Bertz CT molecular complexity index is 614. The summed E-state index contributed by atoms with van der Waals surface area (Å²) in [6.45, 7) is 1.66. The van der Waals surface area contributed by atoms with Crippen LogP contribution >= 0.6 is 0 Å². The Labute approximate surface area is 112 Å². The third-order valence-electron chi connectivity index (χ3n) is 2.65. The number of hydrogen-bond acceptors (Lipinski definition) is 5. The van der Waals surface area contributed by atoms with Crippen molar-refractivity contribution in [1.29, 1.82) is 0 Å². The number of rotatable bonds is 4. The Kier molecular flexibility index (Phi) is 4.72. The summed E-state index contributed by atoms with van der Waals surface area (Å²) in [5, 5.41) is 0. The van der Waals surface area contributed by atoms with E-state index in [1.54, 1.807) is 6.92 Å². The van der Waals surface area contributed by atoms with Crippen molar-refractivity contribution in [3.63, 3.8) is 0 Å². The zero-order valence-corrected chi connectivity index (χ0v) is 12.1. The Balaban J connectivity index is 3.59. The highest BCUT2D eigenvalue weighted by Crippen LogP contribution is 2.24. The molecule has 104 valence electrons. The Morgan fingerprint density at radius 2 is 1.89 bits per heavy atom. The molecule has 5 nitrogen and oxygen atoms in total. The van der Waals surface area contributed by atoms with Crippen LogP contribution in [-0.4, -0.2) is 34.9 Å². The van der Waals surface area contributed by atoms with Crippen molar-refractivity contribution in [3.05, 3.63) is 35.1 Å². The molecule has 0 N–H and O–H groups in total. The topological polar surface area (TPSA) is 69.7 Å². The molecule has 0 atom stereocenters. The number of benzene rings is 1. The fraction of sp³-hybridized carbons (Fsp3) is 0.308. The molecule has 19 heavy (non-hydrogen) atoms. The summed E-state index contributed by atoms with van der Waals surface area (Å²) < 4.78 is 32.9. The van der Waals surface area contributed by atoms with Crippen LogP contribution in [0.4, 0.5) is 0 Å². The lowest BCUT2D eigenvalue weighted by Gasteiger charge is -2.11. The molecule has 0 amide bonds. The van der Waals surface area contributed by atoms with Crippen LogP contribution < -0.4 is 0 Å². The number of carbonyl (C=O) groups excluding carboxylic acids is 1. The van der Waals surface area contributed by atoms with E-state index in [2.05, 4.69) is 4.74 Å². The zero-order valence-electron chi connectivity index (χ0n) is 11.3. The van der Waals surface area contributed by atoms with Crippen molar-refractivity contribution in [3.8, 4) is 0 Å². The summed E-state index contributed by atoms with van der Waals surface area (Å²) in [5.41, 5.74) is 1.28. The normalized spacial score (nSPS) is 11.6. The predicted molar refractivity (Wildman–Crippen MR) is 71.7 cm³/mol. The van der Waals surface area contributed by atoms with Crippen molar-refractivity contribution in [2.75, 3.05) is 20.5 Å². The molecule has 0 fully saturated rings. The molecule has 0 aromatic heterocycles. The van der Waals surface area contributed by atoms with Gasteiger partial charge in [0.2, 0.25) is 0 Å². The van der Waals surface area contributed by atoms with Crippen molar-refractivity contribution < 1.29 is 22.7 Å².